The van der Waals surface area contributed by atoms with Gasteiger partial charge in [0.15, 0.2) is 0 Å². The van der Waals surface area contributed by atoms with Gasteiger partial charge in [0.1, 0.15) is 0 Å². The summed E-state index contributed by atoms with van der Waals surface area (Å²) in [5.74, 6) is 0. The van der Waals surface area contributed by atoms with Crippen molar-refractivity contribution in [3.05, 3.63) is 23.2 Å². The zero-order valence-corrected chi connectivity index (χ0v) is 13.5. The van der Waals surface area contributed by atoms with E-state index in [1.165, 1.54) is 0 Å². The van der Waals surface area contributed by atoms with E-state index in [9.17, 15) is 4.79 Å². The fourth-order valence-corrected chi connectivity index (χ4v) is 2.82. The first-order valence-electron chi connectivity index (χ1n) is 6.89. The summed E-state index contributed by atoms with van der Waals surface area (Å²) in [5, 5.41) is 15.4. The number of rotatable bonds is 3. The number of nitrogens with zero attached hydrogens (tertiary/aromatic N) is 1. The van der Waals surface area contributed by atoms with Crippen LogP contribution in [0.5, 0.6) is 0 Å². The van der Waals surface area contributed by atoms with Crippen LogP contribution in [0.2, 0.25) is 0 Å². The maximum atomic E-state index is 11.7. The Morgan fingerprint density at radius 2 is 2.14 bits per heavy atom. The highest BCUT2D eigenvalue weighted by atomic mass is 32.1. The van der Waals surface area contributed by atoms with E-state index in [4.69, 9.17) is 5.11 Å². The fourth-order valence-electron chi connectivity index (χ4n) is 1.76. The molecule has 2 amide bonds. The van der Waals surface area contributed by atoms with Gasteiger partial charge in [-0.25, -0.2) is 9.78 Å². The molecule has 5 nitrogen and oxygen atoms in total. The zero-order chi connectivity index (χ0) is 15.6. The number of fused-ring (bicyclic) bond motifs is 1. The number of aliphatic hydroxyl groups is 1. The third-order valence-corrected chi connectivity index (χ3v) is 4.38. The lowest BCUT2D eigenvalue weighted by atomic mass is 9.98. The molecule has 1 aromatic heterocycles. The van der Waals surface area contributed by atoms with Gasteiger partial charge in [0, 0.05) is 11.1 Å². The predicted molar refractivity (Wildman–Crippen MR) is 87.0 cm³/mol. The third kappa shape index (κ3) is 3.92. The van der Waals surface area contributed by atoms with Crippen molar-refractivity contribution in [2.45, 2.75) is 39.2 Å². The van der Waals surface area contributed by atoms with Crippen LogP contribution in [0.1, 0.15) is 32.7 Å². The number of carbonyl (C=O) groups excluding carboxylic acids is 1. The topological polar surface area (TPSA) is 74.2 Å². The lowest BCUT2D eigenvalue weighted by Gasteiger charge is -2.13. The van der Waals surface area contributed by atoms with Crippen molar-refractivity contribution < 1.29 is 9.90 Å². The molecule has 0 spiro atoms. The molecule has 0 fully saturated rings. The Hall–Kier alpha value is -1.66. The molecule has 1 atom stereocenters. The Morgan fingerprint density at radius 3 is 2.76 bits per heavy atom. The Kier molecular flexibility index (Phi) is 4.49. The average molecular weight is 307 g/mol. The maximum absolute atomic E-state index is 11.7. The largest absolute Gasteiger partial charge is 0.394 e. The molecule has 0 saturated heterocycles. The number of carbonyl (C=O) groups is 1. The van der Waals surface area contributed by atoms with E-state index in [1.807, 2.05) is 18.2 Å². The highest BCUT2D eigenvalue weighted by molar-refractivity contribution is 7.18. The molecular formula is C15H21N3O2S. The second kappa shape index (κ2) is 5.99. The summed E-state index contributed by atoms with van der Waals surface area (Å²) in [5.41, 5.74) is 1.68. The molecule has 0 aliphatic heterocycles. The minimum absolute atomic E-state index is 0.0191. The molecular weight excluding hydrogens is 286 g/mol. The van der Waals surface area contributed by atoms with E-state index >= 15 is 0 Å². The van der Waals surface area contributed by atoms with Crippen LogP contribution in [0, 0.1) is 0 Å². The molecule has 2 aromatic rings. The Labute approximate surface area is 128 Å². The Balaban J connectivity index is 2.17. The molecule has 0 aliphatic rings. The second-order valence-electron chi connectivity index (χ2n) is 6.13. The van der Waals surface area contributed by atoms with Crippen molar-refractivity contribution in [3.63, 3.8) is 0 Å². The van der Waals surface area contributed by atoms with Gasteiger partial charge in [-0.3, -0.25) is 0 Å². The van der Waals surface area contributed by atoms with Gasteiger partial charge in [0.2, 0.25) is 0 Å². The van der Waals surface area contributed by atoms with Crippen LogP contribution in [0.25, 0.3) is 10.2 Å². The number of aromatic nitrogens is 1. The van der Waals surface area contributed by atoms with E-state index in [1.54, 1.807) is 18.3 Å². The van der Waals surface area contributed by atoms with Crippen LogP contribution in [-0.4, -0.2) is 28.8 Å². The van der Waals surface area contributed by atoms with Gasteiger partial charge in [-0.05, 0) is 25.1 Å². The molecule has 21 heavy (non-hydrogen) atoms. The number of amides is 2. The molecule has 0 saturated carbocycles. The van der Waals surface area contributed by atoms with Gasteiger partial charge >= 0.3 is 6.03 Å². The monoisotopic (exact) mass is 307 g/mol. The van der Waals surface area contributed by atoms with Crippen molar-refractivity contribution in [2.24, 2.45) is 0 Å². The first kappa shape index (κ1) is 15.7. The summed E-state index contributed by atoms with van der Waals surface area (Å²) < 4.78 is 1.05. The average Bonchev–Trinajstić information content (AvgIpc) is 2.81. The van der Waals surface area contributed by atoms with Crippen LogP contribution in [0.3, 0.4) is 0 Å². The molecule has 0 bridgehead atoms. The molecule has 0 radical (unpaired) electrons. The number of thiazole rings is 1. The predicted octanol–water partition coefficient (Wildman–Crippen LogP) is 3.10. The molecule has 1 heterocycles. The van der Waals surface area contributed by atoms with Crippen LogP contribution in [0.4, 0.5) is 10.5 Å². The van der Waals surface area contributed by atoms with Gasteiger partial charge in [0.05, 0.1) is 27.9 Å². The summed E-state index contributed by atoms with van der Waals surface area (Å²) >= 11 is 1.64. The summed E-state index contributed by atoms with van der Waals surface area (Å²) in [6.45, 7) is 8.05. The molecule has 3 N–H and O–H groups in total. The van der Waals surface area contributed by atoms with Crippen molar-refractivity contribution in [1.29, 1.82) is 0 Å². The maximum Gasteiger partial charge on any atom is 0.319 e. The van der Waals surface area contributed by atoms with E-state index < -0.39 is 0 Å². The SMILES string of the molecule is CC(CO)NC(=O)Nc1ccc2nc(C(C)(C)C)sc2c1. The van der Waals surface area contributed by atoms with Crippen molar-refractivity contribution >= 4 is 33.3 Å². The van der Waals surface area contributed by atoms with Crippen molar-refractivity contribution in [3.8, 4) is 0 Å². The summed E-state index contributed by atoms with van der Waals surface area (Å²) in [7, 11) is 0. The van der Waals surface area contributed by atoms with Gasteiger partial charge in [-0.15, -0.1) is 11.3 Å². The van der Waals surface area contributed by atoms with E-state index in [-0.39, 0.29) is 24.1 Å². The molecule has 1 unspecified atom stereocenters. The van der Waals surface area contributed by atoms with Gasteiger partial charge < -0.3 is 15.7 Å². The quantitative estimate of drug-likeness (QED) is 0.815. The Bertz CT molecular complexity index is 646. The van der Waals surface area contributed by atoms with E-state index in [2.05, 4.69) is 36.4 Å². The van der Waals surface area contributed by atoms with Crippen LogP contribution in [0.15, 0.2) is 18.2 Å². The lowest BCUT2D eigenvalue weighted by molar-refractivity contribution is 0.229. The van der Waals surface area contributed by atoms with E-state index in [0.717, 1.165) is 15.2 Å². The number of urea groups is 1. The van der Waals surface area contributed by atoms with Crippen molar-refractivity contribution in [1.82, 2.24) is 10.3 Å². The molecule has 6 heteroatoms. The number of hydrogen-bond donors (Lipinski definition) is 3. The molecule has 114 valence electrons. The first-order chi connectivity index (χ1) is 9.79. The zero-order valence-electron chi connectivity index (χ0n) is 12.7. The summed E-state index contributed by atoms with van der Waals surface area (Å²) in [6, 6.07) is 5.07. The highest BCUT2D eigenvalue weighted by Crippen LogP contribution is 2.32. The number of anilines is 1. The van der Waals surface area contributed by atoms with Gasteiger partial charge in [-0.2, -0.15) is 0 Å². The fraction of sp³-hybridized carbons (Fsp3) is 0.467. The van der Waals surface area contributed by atoms with Crippen LogP contribution < -0.4 is 10.6 Å². The first-order valence-corrected chi connectivity index (χ1v) is 7.70. The Morgan fingerprint density at radius 1 is 1.43 bits per heavy atom. The van der Waals surface area contributed by atoms with Crippen LogP contribution in [-0.2, 0) is 5.41 Å². The van der Waals surface area contributed by atoms with Crippen LogP contribution >= 0.6 is 11.3 Å². The molecule has 1 aromatic carbocycles. The molecule has 2 rings (SSSR count). The number of hydrogen-bond acceptors (Lipinski definition) is 4. The summed E-state index contributed by atoms with van der Waals surface area (Å²) in [4.78, 5) is 16.4. The summed E-state index contributed by atoms with van der Waals surface area (Å²) in [6.07, 6.45) is 0. The minimum Gasteiger partial charge on any atom is -0.394 e. The van der Waals surface area contributed by atoms with E-state index in [0.29, 0.717) is 5.69 Å². The highest BCUT2D eigenvalue weighted by Gasteiger charge is 2.18. The van der Waals surface area contributed by atoms with Gasteiger partial charge in [0.25, 0.3) is 0 Å². The molecule has 0 aliphatic carbocycles. The second-order valence-corrected chi connectivity index (χ2v) is 7.16. The third-order valence-electron chi connectivity index (χ3n) is 2.94. The number of aliphatic hydroxyl groups excluding tert-OH is 1. The number of benzene rings is 1. The van der Waals surface area contributed by atoms with Gasteiger partial charge in [-0.1, -0.05) is 20.8 Å². The standard InChI is InChI=1S/C15H21N3O2S/c1-9(8-19)16-14(20)17-10-5-6-11-12(7-10)21-13(18-11)15(2,3)4/h5-7,9,19H,8H2,1-4H3,(H2,16,17,20). The minimum atomic E-state index is -0.323. The lowest BCUT2D eigenvalue weighted by Crippen LogP contribution is -2.38. The normalized spacial score (nSPS) is 13.2. The smallest absolute Gasteiger partial charge is 0.319 e. The van der Waals surface area contributed by atoms with Crippen molar-refractivity contribution in [2.75, 3.05) is 11.9 Å². The number of nitrogens with one attached hydrogen (secondary N) is 2.